The average Bonchev–Trinajstić information content (AvgIpc) is 3.44. The van der Waals surface area contributed by atoms with Crippen molar-refractivity contribution in [3.63, 3.8) is 0 Å². The number of unbranched alkanes of at least 4 members (excludes halogenated alkanes) is 30. The maximum absolute atomic E-state index is 13.1. The van der Waals surface area contributed by atoms with Gasteiger partial charge in [0.2, 0.25) is 0 Å². The van der Waals surface area contributed by atoms with E-state index in [0.29, 0.717) is 11.1 Å². The normalized spacial score (nSPS) is 11.5. The lowest BCUT2D eigenvalue weighted by atomic mass is 10.0. The summed E-state index contributed by atoms with van der Waals surface area (Å²) in [5, 5.41) is 0. The maximum atomic E-state index is 13.1. The van der Waals surface area contributed by atoms with Gasteiger partial charge in [-0.15, -0.1) is 0 Å². The Morgan fingerprint density at radius 3 is 0.908 bits per heavy atom. The largest absolute Gasteiger partial charge is 0.423 e. The van der Waals surface area contributed by atoms with Crippen molar-refractivity contribution < 1.29 is 19.1 Å². The van der Waals surface area contributed by atoms with Crippen LogP contribution in [0.25, 0.3) is 0 Å². The van der Waals surface area contributed by atoms with Crippen LogP contribution in [0, 0.1) is 0 Å². The summed E-state index contributed by atoms with van der Waals surface area (Å²) in [5.41, 5.74) is 7.07. The van der Waals surface area contributed by atoms with Gasteiger partial charge < -0.3 is 9.47 Å². The van der Waals surface area contributed by atoms with E-state index in [2.05, 4.69) is 72.4 Å². The highest BCUT2D eigenvalue weighted by Gasteiger charge is 2.13. The first kappa shape index (κ1) is 61.2. The standard InChI is InChI=1S/C70H96N2O4/c1-3-5-7-9-11-13-15-17-19-21-23-25-27-29-31-33-36-59-44-52-65(53-45-59)71-57-61-40-48-63(49-41-61)69(73)75-67-38-35-39-68(56-67)76-70(74)64-50-42-62(43-51-64)58-72-66-54-46-60(47-55-66)37-34-32-30-28-26-24-22-20-18-16-14-12-10-8-6-4-2/h35,38-58H,3-34,36-37H2,1-2H3. The van der Waals surface area contributed by atoms with Crippen molar-refractivity contribution >= 4 is 35.7 Å². The van der Waals surface area contributed by atoms with Crippen molar-refractivity contribution in [2.24, 2.45) is 9.98 Å². The number of hydrogen-bond acceptors (Lipinski definition) is 6. The van der Waals surface area contributed by atoms with Crippen LogP contribution in [0.15, 0.2) is 131 Å². The number of aryl methyl sites for hydroxylation is 2. The summed E-state index contributed by atoms with van der Waals surface area (Å²) in [4.78, 5) is 35.5. The van der Waals surface area contributed by atoms with E-state index in [9.17, 15) is 9.59 Å². The Morgan fingerprint density at radius 1 is 0.342 bits per heavy atom. The fraction of sp³-hybridized carbons (Fsp3) is 0.514. The zero-order chi connectivity index (χ0) is 53.4. The van der Waals surface area contributed by atoms with Gasteiger partial charge in [0.1, 0.15) is 11.5 Å². The van der Waals surface area contributed by atoms with Gasteiger partial charge in [0.15, 0.2) is 0 Å². The summed E-state index contributed by atoms with van der Waals surface area (Å²) >= 11 is 0. The molecule has 0 aromatic heterocycles. The fourth-order valence-electron chi connectivity index (χ4n) is 9.89. The Morgan fingerprint density at radius 2 is 0.618 bits per heavy atom. The minimum atomic E-state index is -0.509. The smallest absolute Gasteiger partial charge is 0.343 e. The summed E-state index contributed by atoms with van der Waals surface area (Å²) < 4.78 is 11.3. The molecule has 0 unspecified atom stereocenters. The molecule has 5 aromatic carbocycles. The van der Waals surface area contributed by atoms with E-state index in [0.717, 1.165) is 35.3 Å². The molecular formula is C70H96N2O4. The predicted molar refractivity (Wildman–Crippen MR) is 323 cm³/mol. The first-order valence-corrected chi connectivity index (χ1v) is 30.5. The van der Waals surface area contributed by atoms with Gasteiger partial charge in [-0.1, -0.05) is 261 Å². The molecular weight excluding hydrogens is 933 g/mol. The number of benzene rings is 5. The molecule has 0 bridgehead atoms. The molecule has 410 valence electrons. The Kier molecular flexibility index (Phi) is 32.0. The number of aliphatic imine (C=N–C) groups is 2. The number of hydrogen-bond donors (Lipinski definition) is 0. The summed E-state index contributed by atoms with van der Waals surface area (Å²) in [6, 6.07) is 37.9. The highest BCUT2D eigenvalue weighted by molar-refractivity contribution is 5.93. The number of nitrogens with zero attached hydrogens (tertiary/aromatic N) is 2. The predicted octanol–water partition coefficient (Wildman–Crippen LogP) is 21.2. The van der Waals surface area contributed by atoms with Crippen molar-refractivity contribution in [1.29, 1.82) is 0 Å². The highest BCUT2D eigenvalue weighted by Crippen LogP contribution is 2.24. The number of carbonyl (C=O) groups is 2. The quantitative estimate of drug-likeness (QED) is 0.0169. The molecule has 0 aliphatic rings. The van der Waals surface area contributed by atoms with Crippen LogP contribution in [-0.2, 0) is 12.8 Å². The van der Waals surface area contributed by atoms with Gasteiger partial charge in [0.05, 0.1) is 22.5 Å². The molecule has 0 saturated carbocycles. The van der Waals surface area contributed by atoms with E-state index in [1.807, 2.05) is 24.3 Å². The molecule has 0 amide bonds. The van der Waals surface area contributed by atoms with E-state index in [1.165, 1.54) is 223 Å². The number of carbonyl (C=O) groups excluding carboxylic acids is 2. The van der Waals surface area contributed by atoms with Crippen molar-refractivity contribution in [3.8, 4) is 11.5 Å². The van der Waals surface area contributed by atoms with Crippen molar-refractivity contribution in [2.75, 3.05) is 0 Å². The first-order valence-electron chi connectivity index (χ1n) is 30.5. The lowest BCUT2D eigenvalue weighted by Crippen LogP contribution is -2.10. The third kappa shape index (κ3) is 27.4. The van der Waals surface area contributed by atoms with Crippen LogP contribution in [0.5, 0.6) is 11.5 Å². The number of ether oxygens (including phenoxy) is 2. The minimum Gasteiger partial charge on any atom is -0.423 e. The van der Waals surface area contributed by atoms with Crippen molar-refractivity contribution in [1.82, 2.24) is 0 Å². The van der Waals surface area contributed by atoms with E-state index in [1.54, 1.807) is 54.9 Å². The Labute approximate surface area is 461 Å². The van der Waals surface area contributed by atoms with E-state index in [4.69, 9.17) is 9.47 Å². The lowest BCUT2D eigenvalue weighted by Gasteiger charge is -2.08. The number of rotatable bonds is 42. The molecule has 0 N–H and O–H groups in total. The SMILES string of the molecule is CCCCCCCCCCCCCCCCCCc1ccc(N=Cc2ccc(C(=O)Oc3cccc(OC(=O)c4ccc(C=Nc5ccc(CCCCCCCCCCCCCCCCCC)cc5)cc4)c3)cc2)cc1. The Balaban J connectivity index is 0.906. The van der Waals surface area contributed by atoms with Gasteiger partial charge in [0, 0.05) is 18.5 Å². The zero-order valence-electron chi connectivity index (χ0n) is 47.3. The second kappa shape index (κ2) is 39.7. The molecule has 0 radical (unpaired) electrons. The topological polar surface area (TPSA) is 77.3 Å². The van der Waals surface area contributed by atoms with Crippen LogP contribution in [0.3, 0.4) is 0 Å². The molecule has 76 heavy (non-hydrogen) atoms. The van der Waals surface area contributed by atoms with Crippen LogP contribution >= 0.6 is 0 Å². The van der Waals surface area contributed by atoms with E-state index < -0.39 is 11.9 Å². The van der Waals surface area contributed by atoms with E-state index in [-0.39, 0.29) is 11.5 Å². The number of esters is 2. The summed E-state index contributed by atoms with van der Waals surface area (Å²) in [6.07, 6.45) is 50.2. The van der Waals surface area contributed by atoms with Gasteiger partial charge in [-0.2, -0.15) is 0 Å². The molecule has 0 aliphatic heterocycles. The Bertz CT molecular complexity index is 2170. The molecule has 6 heteroatoms. The highest BCUT2D eigenvalue weighted by atomic mass is 16.5. The zero-order valence-corrected chi connectivity index (χ0v) is 47.3. The first-order chi connectivity index (χ1) is 37.5. The molecule has 0 atom stereocenters. The molecule has 0 aliphatic carbocycles. The van der Waals surface area contributed by atoms with Crippen LogP contribution in [0.2, 0.25) is 0 Å². The van der Waals surface area contributed by atoms with Crippen LogP contribution < -0.4 is 9.47 Å². The lowest BCUT2D eigenvalue weighted by molar-refractivity contribution is 0.0732. The third-order valence-electron chi connectivity index (χ3n) is 14.8. The second-order valence-corrected chi connectivity index (χ2v) is 21.5. The molecule has 0 saturated heterocycles. The van der Waals surface area contributed by atoms with Crippen molar-refractivity contribution in [3.05, 3.63) is 155 Å². The molecule has 5 aromatic rings. The van der Waals surface area contributed by atoms with Crippen LogP contribution in [-0.4, -0.2) is 24.4 Å². The van der Waals surface area contributed by atoms with Gasteiger partial charge in [0.25, 0.3) is 0 Å². The van der Waals surface area contributed by atoms with Gasteiger partial charge in [-0.05, 0) is 109 Å². The Hall–Kier alpha value is -5.62. The fourth-order valence-corrected chi connectivity index (χ4v) is 9.89. The second-order valence-electron chi connectivity index (χ2n) is 21.5. The van der Waals surface area contributed by atoms with Gasteiger partial charge in [-0.25, -0.2) is 9.59 Å². The summed E-state index contributed by atoms with van der Waals surface area (Å²) in [5.74, 6) is -0.464. The monoisotopic (exact) mass is 1030 g/mol. The van der Waals surface area contributed by atoms with Crippen LogP contribution in [0.1, 0.15) is 262 Å². The molecule has 0 fully saturated rings. The molecule has 5 rings (SSSR count). The summed E-state index contributed by atoms with van der Waals surface area (Å²) in [7, 11) is 0. The van der Waals surface area contributed by atoms with E-state index >= 15 is 0 Å². The van der Waals surface area contributed by atoms with Crippen LogP contribution in [0.4, 0.5) is 11.4 Å². The van der Waals surface area contributed by atoms with Gasteiger partial charge in [-0.3, -0.25) is 9.98 Å². The summed E-state index contributed by atoms with van der Waals surface area (Å²) in [6.45, 7) is 4.58. The molecule has 6 nitrogen and oxygen atoms in total. The third-order valence-corrected chi connectivity index (χ3v) is 14.8. The maximum Gasteiger partial charge on any atom is 0.343 e. The van der Waals surface area contributed by atoms with Crippen molar-refractivity contribution in [2.45, 2.75) is 232 Å². The molecule has 0 spiro atoms. The van der Waals surface area contributed by atoms with Gasteiger partial charge >= 0.3 is 11.9 Å². The minimum absolute atomic E-state index is 0.277. The molecule has 0 heterocycles. The average molecular weight is 1030 g/mol.